The van der Waals surface area contributed by atoms with E-state index in [1.54, 1.807) is 0 Å². The lowest BCUT2D eigenvalue weighted by Crippen LogP contribution is -1.90. The highest BCUT2D eigenvalue weighted by molar-refractivity contribution is 5.85. The molecule has 0 saturated carbocycles. The third-order valence-corrected chi connectivity index (χ3v) is 0.935. The van der Waals surface area contributed by atoms with Gasteiger partial charge < -0.3 is 4.42 Å². The molecule has 1 heterocycles. The summed E-state index contributed by atoms with van der Waals surface area (Å²) >= 11 is 0. The topological polar surface area (TPSA) is 30.2 Å². The maximum Gasteiger partial charge on any atom is 0.370 e. The van der Waals surface area contributed by atoms with Crippen LogP contribution in [0.5, 0.6) is 0 Å². The Morgan fingerprint density at radius 2 is 1.73 bits per heavy atom. The van der Waals surface area contributed by atoms with Gasteiger partial charge in [0.15, 0.2) is 0 Å². The Hall–Kier alpha value is -1.33. The van der Waals surface area contributed by atoms with Crippen molar-refractivity contribution in [2.24, 2.45) is 0 Å². The van der Waals surface area contributed by atoms with E-state index in [1.165, 1.54) is 0 Å². The molecule has 0 radical (unpaired) electrons. The van der Waals surface area contributed by atoms with Crippen molar-refractivity contribution in [2.75, 3.05) is 0 Å². The van der Waals surface area contributed by atoms with Gasteiger partial charge in [0.25, 0.3) is 0 Å². The van der Waals surface area contributed by atoms with Crippen molar-refractivity contribution in [2.45, 2.75) is 0 Å². The average Bonchev–Trinajstić information content (AvgIpc) is 2.17. The molecule has 60 valence electrons. The fraction of sp³-hybridized carbons (Fsp3) is 0. The molecule has 1 aromatic heterocycles. The largest absolute Gasteiger partial charge is 0.419 e. The second-order valence-electron chi connectivity index (χ2n) is 1.61. The van der Waals surface area contributed by atoms with Crippen LogP contribution >= 0.6 is 0 Å². The van der Waals surface area contributed by atoms with E-state index in [4.69, 9.17) is 0 Å². The smallest absolute Gasteiger partial charge is 0.370 e. The molecule has 0 aliphatic rings. The molecule has 0 unspecified atom stereocenters. The maximum atomic E-state index is 12.1. The van der Waals surface area contributed by atoms with Crippen molar-refractivity contribution in [3.63, 3.8) is 0 Å². The van der Waals surface area contributed by atoms with Gasteiger partial charge >= 0.3 is 12.1 Å². The number of hydrogen-bond acceptors (Lipinski definition) is 2. The molecule has 2 nitrogen and oxygen atoms in total. The van der Waals surface area contributed by atoms with Gasteiger partial charge in [-0.1, -0.05) is 0 Å². The minimum absolute atomic E-state index is 1.58. The Kier molecular flexibility index (Phi) is 1.67. The molecular weight excluding hydrogens is 168 g/mol. The van der Waals surface area contributed by atoms with Crippen LogP contribution in [0.3, 0.4) is 0 Å². The number of rotatable bonds is 1. The molecule has 0 fully saturated rings. The Bertz CT molecular complexity index is 304. The van der Waals surface area contributed by atoms with E-state index in [0.29, 0.717) is 0 Å². The summed E-state index contributed by atoms with van der Waals surface area (Å²) in [5, 5.41) is 0. The summed E-state index contributed by atoms with van der Waals surface area (Å²) in [6.07, 6.45) is 0. The summed E-state index contributed by atoms with van der Waals surface area (Å²) in [5.74, 6) is -5.53. The van der Waals surface area contributed by atoms with Crippen LogP contribution < -0.4 is 0 Å². The fourth-order valence-electron chi connectivity index (χ4n) is 0.492. The fourth-order valence-corrected chi connectivity index (χ4v) is 0.492. The van der Waals surface area contributed by atoms with Crippen LogP contribution in [0.1, 0.15) is 10.6 Å². The molecule has 0 saturated heterocycles. The number of carbonyl (C=O) groups is 1. The molecule has 0 N–H and O–H groups in total. The zero-order valence-corrected chi connectivity index (χ0v) is 4.83. The van der Waals surface area contributed by atoms with Gasteiger partial charge in [-0.25, -0.2) is 0 Å². The SMILES string of the molecule is O=C(F)c1oc(F)c(F)c1F. The zero-order chi connectivity index (χ0) is 8.59. The monoisotopic (exact) mass is 168 g/mol. The Morgan fingerprint density at radius 1 is 1.18 bits per heavy atom. The molecule has 1 rings (SSSR count). The average molecular weight is 168 g/mol. The molecule has 11 heavy (non-hydrogen) atoms. The predicted molar refractivity (Wildman–Crippen MR) is 24.0 cm³/mol. The summed E-state index contributed by atoms with van der Waals surface area (Å²) in [6.45, 7) is 0. The quantitative estimate of drug-likeness (QED) is 0.472. The van der Waals surface area contributed by atoms with Gasteiger partial charge in [0.2, 0.25) is 17.4 Å². The lowest BCUT2D eigenvalue weighted by Gasteiger charge is -1.79. The first-order chi connectivity index (χ1) is 5.04. The molecule has 6 heteroatoms. The van der Waals surface area contributed by atoms with Crippen LogP contribution in [0.15, 0.2) is 4.42 Å². The highest BCUT2D eigenvalue weighted by Gasteiger charge is 2.25. The third-order valence-electron chi connectivity index (χ3n) is 0.935. The first-order valence-corrected chi connectivity index (χ1v) is 2.37. The summed E-state index contributed by atoms with van der Waals surface area (Å²) < 4.78 is 51.0. The van der Waals surface area contributed by atoms with E-state index in [0.717, 1.165) is 0 Å². The van der Waals surface area contributed by atoms with Gasteiger partial charge in [0.1, 0.15) is 0 Å². The summed E-state index contributed by atoms with van der Waals surface area (Å²) in [7, 11) is 0. The van der Waals surface area contributed by atoms with E-state index in [1.807, 2.05) is 0 Å². The Morgan fingerprint density at radius 3 is 1.91 bits per heavy atom. The Labute approximate surface area is 57.4 Å². The standard InChI is InChI=1S/C5F4O2/c6-1-2(7)5(9)11-3(1)4(8)10. The molecule has 1 aromatic rings. The minimum atomic E-state index is -2.36. The lowest BCUT2D eigenvalue weighted by molar-refractivity contribution is 0.0789. The maximum absolute atomic E-state index is 12.1. The molecule has 0 spiro atoms. The number of hydrogen-bond donors (Lipinski definition) is 0. The van der Waals surface area contributed by atoms with E-state index < -0.39 is 29.4 Å². The van der Waals surface area contributed by atoms with Crippen molar-refractivity contribution >= 4 is 6.04 Å². The van der Waals surface area contributed by atoms with Gasteiger partial charge in [-0.3, -0.25) is 4.79 Å². The first kappa shape index (κ1) is 7.77. The zero-order valence-electron chi connectivity index (χ0n) is 4.83. The molecule has 0 amide bonds. The second-order valence-corrected chi connectivity index (χ2v) is 1.61. The highest BCUT2D eigenvalue weighted by Crippen LogP contribution is 2.18. The molecule has 0 aromatic carbocycles. The third kappa shape index (κ3) is 1.11. The molecule has 0 aliphatic heterocycles. The highest BCUT2D eigenvalue weighted by atomic mass is 19.2. The first-order valence-electron chi connectivity index (χ1n) is 2.37. The summed E-state index contributed by atoms with van der Waals surface area (Å²) in [6, 6.07) is -4.30. The summed E-state index contributed by atoms with van der Waals surface area (Å²) in [5.41, 5.74) is 0. The van der Waals surface area contributed by atoms with E-state index >= 15 is 0 Å². The van der Waals surface area contributed by atoms with Crippen LogP contribution in [-0.4, -0.2) is 6.04 Å². The van der Waals surface area contributed by atoms with Crippen molar-refractivity contribution in [1.82, 2.24) is 0 Å². The number of halogens is 4. The number of carbonyl (C=O) groups excluding carboxylic acids is 1. The minimum Gasteiger partial charge on any atom is -0.419 e. The van der Waals surface area contributed by atoms with Crippen LogP contribution in [0.2, 0.25) is 0 Å². The van der Waals surface area contributed by atoms with E-state index in [9.17, 15) is 22.4 Å². The van der Waals surface area contributed by atoms with Crippen LogP contribution in [0.25, 0.3) is 0 Å². The normalized spacial score (nSPS) is 10.2. The molecular formula is C5F4O2. The van der Waals surface area contributed by atoms with Crippen molar-refractivity contribution < 1.29 is 26.8 Å². The van der Waals surface area contributed by atoms with Crippen molar-refractivity contribution in [1.29, 1.82) is 0 Å². The molecule has 0 atom stereocenters. The van der Waals surface area contributed by atoms with Crippen LogP contribution in [-0.2, 0) is 0 Å². The van der Waals surface area contributed by atoms with Gasteiger partial charge in [-0.15, -0.1) is 0 Å². The van der Waals surface area contributed by atoms with E-state index in [2.05, 4.69) is 4.42 Å². The molecule has 0 bridgehead atoms. The van der Waals surface area contributed by atoms with Gasteiger partial charge in [0.05, 0.1) is 0 Å². The van der Waals surface area contributed by atoms with Gasteiger partial charge in [0, 0.05) is 0 Å². The van der Waals surface area contributed by atoms with Crippen molar-refractivity contribution in [3.8, 4) is 0 Å². The number of furan rings is 1. The predicted octanol–water partition coefficient (Wildman–Crippen LogP) is 1.81. The Balaban J connectivity index is 3.29. The summed E-state index contributed by atoms with van der Waals surface area (Å²) in [4.78, 5) is 9.70. The van der Waals surface area contributed by atoms with Crippen LogP contribution in [0.4, 0.5) is 17.6 Å². The van der Waals surface area contributed by atoms with E-state index in [-0.39, 0.29) is 0 Å². The molecule has 0 aliphatic carbocycles. The lowest BCUT2D eigenvalue weighted by atomic mass is 10.4. The van der Waals surface area contributed by atoms with Gasteiger partial charge in [-0.2, -0.15) is 17.6 Å². The second kappa shape index (κ2) is 2.37. The van der Waals surface area contributed by atoms with Gasteiger partial charge in [-0.05, 0) is 0 Å². The van der Waals surface area contributed by atoms with Crippen molar-refractivity contribution in [3.05, 3.63) is 23.4 Å². The van der Waals surface area contributed by atoms with Crippen LogP contribution in [0, 0.1) is 17.6 Å².